The topological polar surface area (TPSA) is 66.0 Å². The van der Waals surface area contributed by atoms with Crippen molar-refractivity contribution in [3.63, 3.8) is 0 Å². The minimum absolute atomic E-state index is 0.185. The van der Waals surface area contributed by atoms with Crippen LogP contribution in [0.2, 0.25) is 5.02 Å². The Bertz CT molecular complexity index is 873. The number of aromatic carboxylic acids is 1. The van der Waals surface area contributed by atoms with Crippen LogP contribution in [0.3, 0.4) is 0 Å². The highest BCUT2D eigenvalue weighted by Gasteiger charge is 2.16. The Morgan fingerprint density at radius 1 is 1.33 bits per heavy atom. The van der Waals surface area contributed by atoms with E-state index in [9.17, 15) is 9.18 Å². The predicted molar refractivity (Wildman–Crippen MR) is 78.2 cm³/mol. The number of carboxylic acids is 1. The molecule has 1 heterocycles. The summed E-state index contributed by atoms with van der Waals surface area (Å²) in [4.78, 5) is 18.3. The van der Waals surface area contributed by atoms with E-state index in [0.29, 0.717) is 21.9 Å². The molecule has 0 amide bonds. The number of rotatable bonds is 2. The van der Waals surface area contributed by atoms with Crippen molar-refractivity contribution in [3.8, 4) is 11.4 Å². The van der Waals surface area contributed by atoms with Gasteiger partial charge in [0.2, 0.25) is 0 Å². The van der Waals surface area contributed by atoms with Crippen molar-refractivity contribution in [2.75, 3.05) is 0 Å². The molecule has 6 heteroatoms. The Labute approximate surface area is 124 Å². The summed E-state index contributed by atoms with van der Waals surface area (Å²) in [6, 6.07) is 7.59. The second-order valence-electron chi connectivity index (χ2n) is 4.72. The number of H-pyrrole nitrogens is 1. The van der Waals surface area contributed by atoms with Crippen molar-refractivity contribution in [1.82, 2.24) is 9.97 Å². The standard InChI is InChI=1S/C15H10ClFN2O2/c1-7-2-3-9(11(16)4-7)14-18-12-6-8(17)5-10(15(20)21)13(12)19-14/h2-6H,1H3,(H,18,19)(H,20,21). The van der Waals surface area contributed by atoms with Crippen molar-refractivity contribution in [1.29, 1.82) is 0 Å². The predicted octanol–water partition coefficient (Wildman–Crippen LogP) is 4.03. The number of nitrogens with one attached hydrogen (secondary N) is 1. The Balaban J connectivity index is 2.26. The van der Waals surface area contributed by atoms with Crippen molar-refractivity contribution in [2.45, 2.75) is 6.92 Å². The van der Waals surface area contributed by atoms with Gasteiger partial charge in [-0.25, -0.2) is 14.2 Å². The summed E-state index contributed by atoms with van der Waals surface area (Å²) in [5.41, 5.74) is 1.97. The van der Waals surface area contributed by atoms with Crippen LogP contribution >= 0.6 is 11.6 Å². The molecule has 0 bridgehead atoms. The molecular formula is C15H10ClFN2O2. The fraction of sp³-hybridized carbons (Fsp3) is 0.0667. The molecule has 0 atom stereocenters. The molecule has 0 saturated heterocycles. The molecule has 0 aliphatic carbocycles. The average Bonchev–Trinajstić information content (AvgIpc) is 2.80. The molecule has 2 N–H and O–H groups in total. The summed E-state index contributed by atoms with van der Waals surface area (Å²) < 4.78 is 13.5. The van der Waals surface area contributed by atoms with Crippen LogP contribution in [0.25, 0.3) is 22.4 Å². The van der Waals surface area contributed by atoms with Crippen molar-refractivity contribution < 1.29 is 14.3 Å². The number of aryl methyl sites for hydroxylation is 1. The number of nitrogens with zero attached hydrogens (tertiary/aromatic N) is 1. The Morgan fingerprint density at radius 2 is 2.10 bits per heavy atom. The molecule has 3 aromatic rings. The second kappa shape index (κ2) is 4.86. The van der Waals surface area contributed by atoms with Crippen LogP contribution in [0.4, 0.5) is 4.39 Å². The van der Waals surface area contributed by atoms with E-state index in [1.165, 1.54) is 6.07 Å². The second-order valence-corrected chi connectivity index (χ2v) is 5.13. The van der Waals surface area contributed by atoms with E-state index in [-0.39, 0.29) is 11.1 Å². The van der Waals surface area contributed by atoms with Gasteiger partial charge in [-0.1, -0.05) is 17.7 Å². The molecule has 0 saturated carbocycles. The number of carbonyl (C=O) groups is 1. The van der Waals surface area contributed by atoms with Gasteiger partial charge in [0, 0.05) is 5.56 Å². The Hall–Kier alpha value is -2.40. The van der Waals surface area contributed by atoms with Crippen molar-refractivity contribution in [2.24, 2.45) is 0 Å². The molecule has 0 aliphatic rings. The van der Waals surface area contributed by atoms with E-state index in [2.05, 4.69) is 9.97 Å². The van der Waals surface area contributed by atoms with Gasteiger partial charge >= 0.3 is 5.97 Å². The van der Waals surface area contributed by atoms with Gasteiger partial charge in [0.25, 0.3) is 0 Å². The van der Waals surface area contributed by atoms with Crippen LogP contribution in [-0.4, -0.2) is 21.0 Å². The van der Waals surface area contributed by atoms with Crippen LogP contribution in [-0.2, 0) is 0 Å². The molecule has 0 radical (unpaired) electrons. The number of aromatic amines is 1. The third-order valence-corrected chi connectivity index (χ3v) is 3.47. The number of aromatic nitrogens is 2. The van der Waals surface area contributed by atoms with Gasteiger partial charge in [0.1, 0.15) is 17.2 Å². The monoisotopic (exact) mass is 304 g/mol. The molecular weight excluding hydrogens is 295 g/mol. The van der Waals surface area contributed by atoms with E-state index >= 15 is 0 Å². The van der Waals surface area contributed by atoms with Gasteiger partial charge in [0.15, 0.2) is 0 Å². The summed E-state index contributed by atoms with van der Waals surface area (Å²) in [7, 11) is 0. The van der Waals surface area contributed by atoms with Crippen molar-refractivity contribution >= 4 is 28.6 Å². The maximum absolute atomic E-state index is 13.5. The van der Waals surface area contributed by atoms with Gasteiger partial charge in [-0.05, 0) is 36.8 Å². The number of carboxylic acid groups (broad SMARTS) is 1. The lowest BCUT2D eigenvalue weighted by Gasteiger charge is -2.01. The molecule has 0 fully saturated rings. The first-order chi connectivity index (χ1) is 9.95. The zero-order valence-corrected chi connectivity index (χ0v) is 11.7. The van der Waals surface area contributed by atoms with Crippen LogP contribution in [0.1, 0.15) is 15.9 Å². The Morgan fingerprint density at radius 3 is 2.76 bits per heavy atom. The molecule has 4 nitrogen and oxygen atoms in total. The number of hydrogen-bond donors (Lipinski definition) is 2. The quantitative estimate of drug-likeness (QED) is 0.751. The first-order valence-electron chi connectivity index (χ1n) is 6.15. The van der Waals surface area contributed by atoms with E-state index in [1.807, 2.05) is 13.0 Å². The molecule has 0 unspecified atom stereocenters. The van der Waals surface area contributed by atoms with Crippen LogP contribution in [0.15, 0.2) is 30.3 Å². The number of fused-ring (bicyclic) bond motifs is 1. The summed E-state index contributed by atoms with van der Waals surface area (Å²) in [6.45, 7) is 1.91. The van der Waals surface area contributed by atoms with Gasteiger partial charge in [-0.15, -0.1) is 0 Å². The molecule has 1 aromatic heterocycles. The summed E-state index contributed by atoms with van der Waals surface area (Å²) >= 11 is 6.17. The highest BCUT2D eigenvalue weighted by atomic mass is 35.5. The van der Waals surface area contributed by atoms with Gasteiger partial charge in [0.05, 0.1) is 16.1 Å². The average molecular weight is 305 g/mol. The smallest absolute Gasteiger partial charge is 0.338 e. The molecule has 0 aliphatic heterocycles. The SMILES string of the molecule is Cc1ccc(-c2nc3c(C(=O)O)cc(F)cc3[nH]2)c(Cl)c1. The lowest BCUT2D eigenvalue weighted by atomic mass is 10.1. The number of hydrogen-bond acceptors (Lipinski definition) is 2. The van der Waals surface area contributed by atoms with Gasteiger partial charge in [-0.3, -0.25) is 0 Å². The van der Waals surface area contributed by atoms with E-state index in [1.54, 1.807) is 12.1 Å². The van der Waals surface area contributed by atoms with E-state index in [4.69, 9.17) is 16.7 Å². The van der Waals surface area contributed by atoms with Crippen LogP contribution < -0.4 is 0 Å². The summed E-state index contributed by atoms with van der Waals surface area (Å²) in [6.07, 6.45) is 0. The van der Waals surface area contributed by atoms with E-state index in [0.717, 1.165) is 11.6 Å². The highest BCUT2D eigenvalue weighted by molar-refractivity contribution is 6.33. The fourth-order valence-corrected chi connectivity index (χ4v) is 2.51. The summed E-state index contributed by atoms with van der Waals surface area (Å²) in [5.74, 6) is -1.46. The number of imidazole rings is 1. The first-order valence-corrected chi connectivity index (χ1v) is 6.52. The highest BCUT2D eigenvalue weighted by Crippen LogP contribution is 2.29. The molecule has 21 heavy (non-hydrogen) atoms. The van der Waals surface area contributed by atoms with E-state index < -0.39 is 11.8 Å². The molecule has 2 aromatic carbocycles. The maximum Gasteiger partial charge on any atom is 0.338 e. The zero-order valence-electron chi connectivity index (χ0n) is 10.9. The summed E-state index contributed by atoms with van der Waals surface area (Å²) in [5, 5.41) is 9.62. The van der Waals surface area contributed by atoms with Crippen LogP contribution in [0.5, 0.6) is 0 Å². The third-order valence-electron chi connectivity index (χ3n) is 3.16. The normalized spacial score (nSPS) is 11.0. The number of benzene rings is 2. The lowest BCUT2D eigenvalue weighted by molar-refractivity contribution is 0.0698. The van der Waals surface area contributed by atoms with Gasteiger partial charge in [-0.2, -0.15) is 0 Å². The fourth-order valence-electron chi connectivity index (χ4n) is 2.19. The van der Waals surface area contributed by atoms with Gasteiger partial charge < -0.3 is 10.1 Å². The number of halogens is 2. The zero-order chi connectivity index (χ0) is 15.1. The first kappa shape index (κ1) is 13.6. The Kier molecular flexibility index (Phi) is 3.14. The molecule has 0 spiro atoms. The molecule has 3 rings (SSSR count). The molecule has 106 valence electrons. The minimum Gasteiger partial charge on any atom is -0.478 e. The van der Waals surface area contributed by atoms with Crippen molar-refractivity contribution in [3.05, 3.63) is 52.3 Å². The largest absolute Gasteiger partial charge is 0.478 e. The third kappa shape index (κ3) is 2.36. The van der Waals surface area contributed by atoms with Crippen LogP contribution in [0, 0.1) is 12.7 Å². The lowest BCUT2D eigenvalue weighted by Crippen LogP contribution is -1.98. The minimum atomic E-state index is -1.23. The maximum atomic E-state index is 13.5.